The van der Waals surface area contributed by atoms with E-state index in [4.69, 9.17) is 0 Å². The molecular formula is C14H12N4+2. The fourth-order valence-corrected chi connectivity index (χ4v) is 1.70. The van der Waals surface area contributed by atoms with E-state index in [9.17, 15) is 0 Å². The van der Waals surface area contributed by atoms with Crippen LogP contribution in [0.15, 0.2) is 73.3 Å². The van der Waals surface area contributed by atoms with E-state index in [0.29, 0.717) is 0 Å². The first kappa shape index (κ1) is 10.5. The van der Waals surface area contributed by atoms with Gasteiger partial charge >= 0.3 is 11.6 Å². The Kier molecular flexibility index (Phi) is 2.75. The highest BCUT2D eigenvalue weighted by molar-refractivity contribution is 5.15. The molecule has 18 heavy (non-hydrogen) atoms. The van der Waals surface area contributed by atoms with Crippen molar-refractivity contribution in [1.29, 1.82) is 0 Å². The minimum absolute atomic E-state index is 0.802. The average Bonchev–Trinajstić information content (AvgIpc) is 2.49. The van der Waals surface area contributed by atoms with Crippen molar-refractivity contribution in [2.45, 2.75) is 0 Å². The molecule has 0 spiro atoms. The van der Waals surface area contributed by atoms with Gasteiger partial charge in [0.25, 0.3) is 0 Å². The Bertz CT molecular complexity index is 562. The predicted molar refractivity (Wildman–Crippen MR) is 65.1 cm³/mol. The molecule has 0 aliphatic rings. The van der Waals surface area contributed by atoms with Crippen molar-refractivity contribution in [2.24, 2.45) is 0 Å². The van der Waals surface area contributed by atoms with Crippen LogP contribution in [0.2, 0.25) is 0 Å². The van der Waals surface area contributed by atoms with Crippen LogP contribution in [0.5, 0.6) is 0 Å². The van der Waals surface area contributed by atoms with Gasteiger partial charge in [-0.25, -0.2) is 0 Å². The van der Waals surface area contributed by atoms with Crippen LogP contribution in [-0.2, 0) is 0 Å². The van der Waals surface area contributed by atoms with Crippen LogP contribution in [0.25, 0.3) is 11.6 Å². The summed E-state index contributed by atoms with van der Waals surface area (Å²) >= 11 is 0. The molecule has 0 amide bonds. The normalized spacial score (nSPS) is 10.2. The highest BCUT2D eigenvalue weighted by Gasteiger charge is 2.15. The lowest BCUT2D eigenvalue weighted by Gasteiger charge is -1.93. The molecule has 4 heteroatoms. The van der Waals surface area contributed by atoms with Crippen molar-refractivity contribution in [3.05, 3.63) is 73.3 Å². The molecule has 3 aromatic rings. The third-order valence-corrected chi connectivity index (χ3v) is 2.60. The molecule has 0 unspecified atom stereocenters. The number of aromatic nitrogens is 4. The van der Waals surface area contributed by atoms with Gasteiger partial charge in [0.15, 0.2) is 10.2 Å². The van der Waals surface area contributed by atoms with Crippen molar-refractivity contribution in [3.63, 3.8) is 0 Å². The summed E-state index contributed by atoms with van der Waals surface area (Å²) in [5.74, 6) is 1.60. The number of hydrogen-bond acceptors (Lipinski definition) is 2. The van der Waals surface area contributed by atoms with Crippen LogP contribution >= 0.6 is 0 Å². The minimum atomic E-state index is 0.802. The molecule has 3 heterocycles. The van der Waals surface area contributed by atoms with Crippen molar-refractivity contribution in [3.8, 4) is 11.6 Å². The molecule has 0 aromatic carbocycles. The summed E-state index contributed by atoms with van der Waals surface area (Å²) in [5, 5.41) is 8.43. The quantitative estimate of drug-likeness (QED) is 0.623. The molecule has 0 aliphatic carbocycles. The van der Waals surface area contributed by atoms with E-state index in [1.165, 1.54) is 0 Å². The smallest absolute Gasteiger partial charge is 0.200 e. The molecule has 0 aliphatic heterocycles. The minimum Gasteiger partial charge on any atom is -0.200 e. The van der Waals surface area contributed by atoms with Crippen LogP contribution in [0.1, 0.15) is 0 Å². The molecule has 0 N–H and O–H groups in total. The van der Waals surface area contributed by atoms with E-state index in [-0.39, 0.29) is 0 Å². The van der Waals surface area contributed by atoms with E-state index in [2.05, 4.69) is 10.2 Å². The van der Waals surface area contributed by atoms with Crippen molar-refractivity contribution >= 4 is 0 Å². The molecule has 0 fully saturated rings. The number of hydrogen-bond donors (Lipinski definition) is 0. The van der Waals surface area contributed by atoms with Crippen molar-refractivity contribution in [1.82, 2.24) is 10.2 Å². The van der Waals surface area contributed by atoms with Gasteiger partial charge in [-0.15, -0.1) is 0 Å². The molecule has 4 nitrogen and oxygen atoms in total. The fourth-order valence-electron chi connectivity index (χ4n) is 1.70. The van der Waals surface area contributed by atoms with Gasteiger partial charge < -0.3 is 0 Å². The zero-order chi connectivity index (χ0) is 12.2. The zero-order valence-corrected chi connectivity index (χ0v) is 9.72. The molecule has 3 rings (SSSR count). The lowest BCUT2D eigenvalue weighted by atomic mass is 10.4. The second-order valence-electron chi connectivity index (χ2n) is 3.82. The Morgan fingerprint density at radius 1 is 0.556 bits per heavy atom. The van der Waals surface area contributed by atoms with Crippen LogP contribution in [-0.4, -0.2) is 10.2 Å². The summed E-state index contributed by atoms with van der Waals surface area (Å²) in [7, 11) is 0. The number of rotatable bonds is 2. The van der Waals surface area contributed by atoms with Crippen LogP contribution < -0.4 is 9.13 Å². The van der Waals surface area contributed by atoms with E-state index in [1.807, 2.05) is 82.5 Å². The first-order valence-corrected chi connectivity index (χ1v) is 5.70. The first-order valence-electron chi connectivity index (χ1n) is 5.70. The van der Waals surface area contributed by atoms with Crippen LogP contribution in [0.4, 0.5) is 0 Å². The second-order valence-corrected chi connectivity index (χ2v) is 3.82. The molecule has 0 saturated carbocycles. The molecule has 3 aromatic heterocycles. The second kappa shape index (κ2) is 4.71. The molecule has 0 atom stereocenters. The molecule has 86 valence electrons. The maximum Gasteiger partial charge on any atom is 0.381 e. The standard InChI is InChI=1S/C14H12N4/c1-3-9-17(10-4-1)13-7-8-14(16-15-13)18-11-5-2-6-12-18/h1-12H/q+2. The summed E-state index contributed by atoms with van der Waals surface area (Å²) < 4.78 is 3.85. The summed E-state index contributed by atoms with van der Waals surface area (Å²) in [6.07, 6.45) is 7.78. The third-order valence-electron chi connectivity index (χ3n) is 2.60. The Morgan fingerprint density at radius 3 is 1.28 bits per heavy atom. The Labute approximate surface area is 105 Å². The van der Waals surface area contributed by atoms with Gasteiger partial charge in [-0.3, -0.25) is 0 Å². The highest BCUT2D eigenvalue weighted by atomic mass is 15.2. The zero-order valence-electron chi connectivity index (χ0n) is 9.72. The van der Waals surface area contributed by atoms with E-state index < -0.39 is 0 Å². The molecule has 0 bridgehead atoms. The third kappa shape index (κ3) is 2.08. The average molecular weight is 236 g/mol. The van der Waals surface area contributed by atoms with Gasteiger partial charge in [0, 0.05) is 12.1 Å². The maximum absolute atomic E-state index is 4.22. The van der Waals surface area contributed by atoms with Crippen molar-refractivity contribution in [2.75, 3.05) is 0 Å². The summed E-state index contributed by atoms with van der Waals surface area (Å²) in [6.45, 7) is 0. The number of nitrogens with zero attached hydrogens (tertiary/aromatic N) is 4. The Balaban J connectivity index is 1.95. The van der Waals surface area contributed by atoms with E-state index in [1.54, 1.807) is 0 Å². The van der Waals surface area contributed by atoms with E-state index >= 15 is 0 Å². The van der Waals surface area contributed by atoms with Gasteiger partial charge in [0.2, 0.25) is 0 Å². The Morgan fingerprint density at radius 2 is 0.944 bits per heavy atom. The monoisotopic (exact) mass is 236 g/mol. The molecular weight excluding hydrogens is 224 g/mol. The van der Waals surface area contributed by atoms with E-state index in [0.717, 1.165) is 11.6 Å². The van der Waals surface area contributed by atoms with Gasteiger partial charge in [0.05, 0.1) is 24.8 Å². The Hall–Kier alpha value is -2.62. The SMILES string of the molecule is c1cc[n+](-c2ccc(-[n+]3ccccc3)nn2)cc1. The summed E-state index contributed by atoms with van der Waals surface area (Å²) in [4.78, 5) is 0. The molecule has 0 radical (unpaired) electrons. The van der Waals surface area contributed by atoms with Gasteiger partial charge in [-0.1, -0.05) is 12.1 Å². The largest absolute Gasteiger partial charge is 0.381 e. The van der Waals surface area contributed by atoms with Gasteiger partial charge in [0.1, 0.15) is 0 Å². The summed E-state index contributed by atoms with van der Waals surface area (Å²) in [5.41, 5.74) is 0. The van der Waals surface area contributed by atoms with Gasteiger partial charge in [-0.2, -0.15) is 9.13 Å². The lowest BCUT2D eigenvalue weighted by Crippen LogP contribution is -2.34. The van der Waals surface area contributed by atoms with Crippen LogP contribution in [0.3, 0.4) is 0 Å². The fraction of sp³-hybridized carbons (Fsp3) is 0. The summed E-state index contributed by atoms with van der Waals surface area (Å²) in [6, 6.07) is 15.7. The maximum atomic E-state index is 4.22. The predicted octanol–water partition coefficient (Wildman–Crippen LogP) is 1.03. The topological polar surface area (TPSA) is 33.5 Å². The highest BCUT2D eigenvalue weighted by Crippen LogP contribution is 1.96. The van der Waals surface area contributed by atoms with Gasteiger partial charge in [-0.05, 0) is 24.3 Å². The number of pyridine rings is 2. The van der Waals surface area contributed by atoms with Crippen molar-refractivity contribution < 1.29 is 9.13 Å². The molecule has 0 saturated heterocycles. The first-order chi connectivity index (χ1) is 8.93. The lowest BCUT2D eigenvalue weighted by molar-refractivity contribution is -0.606. The van der Waals surface area contributed by atoms with Crippen LogP contribution in [0, 0.1) is 0 Å².